The number of benzene rings is 1. The highest BCUT2D eigenvalue weighted by Gasteiger charge is 2.13. The van der Waals surface area contributed by atoms with E-state index >= 15 is 0 Å². The number of hydrogen-bond acceptors (Lipinski definition) is 3. The van der Waals surface area contributed by atoms with Crippen LogP contribution in [0.1, 0.15) is 5.56 Å². The van der Waals surface area contributed by atoms with E-state index in [1.165, 1.54) is 6.08 Å². The Morgan fingerprint density at radius 1 is 1.13 bits per heavy atom. The number of carbonyl (C=O) groups is 1. The number of fused-ring (bicyclic) bond motifs is 1. The van der Waals surface area contributed by atoms with Crippen LogP contribution in [0.5, 0.6) is 0 Å². The van der Waals surface area contributed by atoms with Crippen molar-refractivity contribution in [1.82, 2.24) is 15.4 Å². The molecule has 0 saturated carbocycles. The minimum atomic E-state index is -0.231. The second-order valence-corrected chi connectivity index (χ2v) is 3.17. The summed E-state index contributed by atoms with van der Waals surface area (Å²) in [5, 5.41) is 10.5. The van der Waals surface area contributed by atoms with Crippen LogP contribution in [0, 0.1) is 0 Å². The molecule has 0 saturated heterocycles. The van der Waals surface area contributed by atoms with E-state index in [1.807, 2.05) is 18.2 Å². The second kappa shape index (κ2) is 2.84. The molecule has 0 radical (unpaired) electrons. The molecule has 2 heterocycles. The first-order valence-corrected chi connectivity index (χ1v) is 4.45. The molecule has 0 atom stereocenters. The van der Waals surface area contributed by atoms with Crippen LogP contribution in [-0.2, 0) is 4.79 Å². The summed E-state index contributed by atoms with van der Waals surface area (Å²) >= 11 is 0. The molecular formula is C10H6N4O. The lowest BCUT2D eigenvalue weighted by Gasteiger charge is -1.97. The quantitative estimate of drug-likeness (QED) is 0.738. The number of para-hydroxylation sites is 1. The van der Waals surface area contributed by atoms with Crippen molar-refractivity contribution in [3.8, 4) is 0 Å². The lowest BCUT2D eigenvalue weighted by atomic mass is 10.1. The number of aromatic amines is 1. The Kier molecular flexibility index (Phi) is 1.53. The number of rotatable bonds is 1. The van der Waals surface area contributed by atoms with Gasteiger partial charge in [-0.1, -0.05) is 12.1 Å². The van der Waals surface area contributed by atoms with Gasteiger partial charge in [0, 0.05) is 11.6 Å². The molecule has 5 heteroatoms. The third kappa shape index (κ3) is 1.17. The third-order valence-electron chi connectivity index (χ3n) is 2.24. The van der Waals surface area contributed by atoms with Crippen LogP contribution in [0.4, 0.5) is 0 Å². The SMILES string of the molecule is O=C1C=CC(c2cccc3n[nH]nc23)=N1. The number of aliphatic imine (C=N–C) groups is 1. The van der Waals surface area contributed by atoms with Gasteiger partial charge in [0.05, 0.1) is 5.71 Å². The van der Waals surface area contributed by atoms with E-state index in [2.05, 4.69) is 20.4 Å². The maximum Gasteiger partial charge on any atom is 0.270 e. The largest absolute Gasteiger partial charge is 0.270 e. The van der Waals surface area contributed by atoms with Gasteiger partial charge in [0.25, 0.3) is 5.91 Å². The Morgan fingerprint density at radius 3 is 2.87 bits per heavy atom. The third-order valence-corrected chi connectivity index (χ3v) is 2.24. The highest BCUT2D eigenvalue weighted by atomic mass is 16.1. The number of hydrogen-bond donors (Lipinski definition) is 1. The first-order chi connectivity index (χ1) is 7.34. The fourth-order valence-corrected chi connectivity index (χ4v) is 1.57. The second-order valence-electron chi connectivity index (χ2n) is 3.17. The smallest absolute Gasteiger partial charge is 0.267 e. The topological polar surface area (TPSA) is 71.0 Å². The summed E-state index contributed by atoms with van der Waals surface area (Å²) in [6.45, 7) is 0. The molecule has 15 heavy (non-hydrogen) atoms. The summed E-state index contributed by atoms with van der Waals surface area (Å²) in [6.07, 6.45) is 3.13. The van der Waals surface area contributed by atoms with Crippen LogP contribution in [0.25, 0.3) is 11.0 Å². The van der Waals surface area contributed by atoms with E-state index in [0.717, 1.165) is 16.6 Å². The monoisotopic (exact) mass is 198 g/mol. The molecule has 0 spiro atoms. The van der Waals surface area contributed by atoms with Crippen LogP contribution >= 0.6 is 0 Å². The van der Waals surface area contributed by atoms with Gasteiger partial charge in [-0.2, -0.15) is 15.4 Å². The van der Waals surface area contributed by atoms with Gasteiger partial charge in [-0.15, -0.1) is 0 Å². The number of H-pyrrole nitrogens is 1. The molecule has 1 aromatic heterocycles. The van der Waals surface area contributed by atoms with Crippen LogP contribution in [0.3, 0.4) is 0 Å². The summed E-state index contributed by atoms with van der Waals surface area (Å²) in [6, 6.07) is 5.58. The van der Waals surface area contributed by atoms with Gasteiger partial charge in [-0.25, -0.2) is 4.99 Å². The molecule has 1 aromatic carbocycles. The van der Waals surface area contributed by atoms with Crippen molar-refractivity contribution in [2.45, 2.75) is 0 Å². The van der Waals surface area contributed by atoms with Crippen molar-refractivity contribution in [2.75, 3.05) is 0 Å². The standard InChI is InChI=1S/C10H6N4O/c15-9-5-4-7(11-9)6-2-1-3-8-10(6)13-14-12-8/h1-5H,(H,12,13,14). The molecular weight excluding hydrogens is 192 g/mol. The van der Waals surface area contributed by atoms with Gasteiger partial charge in [0.15, 0.2) is 0 Å². The van der Waals surface area contributed by atoms with Crippen LogP contribution in [0.15, 0.2) is 35.3 Å². The molecule has 1 N–H and O–H groups in total. The molecule has 1 aliphatic heterocycles. The summed E-state index contributed by atoms with van der Waals surface area (Å²) < 4.78 is 0. The minimum absolute atomic E-state index is 0.231. The zero-order valence-corrected chi connectivity index (χ0v) is 7.64. The highest BCUT2D eigenvalue weighted by molar-refractivity contribution is 6.23. The number of amides is 1. The molecule has 1 aliphatic rings. The Morgan fingerprint density at radius 2 is 2.07 bits per heavy atom. The van der Waals surface area contributed by atoms with Crippen molar-refractivity contribution < 1.29 is 4.79 Å². The van der Waals surface area contributed by atoms with Crippen molar-refractivity contribution >= 4 is 22.7 Å². The van der Waals surface area contributed by atoms with Gasteiger partial charge in [0.1, 0.15) is 11.0 Å². The van der Waals surface area contributed by atoms with Crippen molar-refractivity contribution in [3.05, 3.63) is 35.9 Å². The summed E-state index contributed by atoms with van der Waals surface area (Å²) in [5.74, 6) is -0.231. The van der Waals surface area contributed by atoms with Crippen LogP contribution in [0.2, 0.25) is 0 Å². The number of allylic oxidation sites excluding steroid dienone is 1. The summed E-state index contributed by atoms with van der Waals surface area (Å²) in [7, 11) is 0. The molecule has 3 rings (SSSR count). The van der Waals surface area contributed by atoms with E-state index in [-0.39, 0.29) is 5.91 Å². The lowest BCUT2D eigenvalue weighted by molar-refractivity contribution is -0.113. The first kappa shape index (κ1) is 8.05. The first-order valence-electron chi connectivity index (χ1n) is 4.45. The van der Waals surface area contributed by atoms with Crippen molar-refractivity contribution in [2.24, 2.45) is 4.99 Å². The Labute approximate surface area is 84.5 Å². The van der Waals surface area contributed by atoms with E-state index < -0.39 is 0 Å². The Balaban J connectivity index is 2.27. The number of nitrogens with zero attached hydrogens (tertiary/aromatic N) is 3. The normalized spacial score (nSPS) is 14.9. The van der Waals surface area contributed by atoms with Crippen molar-refractivity contribution in [3.63, 3.8) is 0 Å². The summed E-state index contributed by atoms with van der Waals surface area (Å²) in [4.78, 5) is 14.9. The van der Waals surface area contributed by atoms with Gasteiger partial charge >= 0.3 is 0 Å². The van der Waals surface area contributed by atoms with Gasteiger partial charge in [-0.3, -0.25) is 4.79 Å². The fourth-order valence-electron chi connectivity index (χ4n) is 1.57. The average molecular weight is 198 g/mol. The zero-order valence-electron chi connectivity index (χ0n) is 7.64. The van der Waals surface area contributed by atoms with Crippen LogP contribution in [-0.4, -0.2) is 27.0 Å². The minimum Gasteiger partial charge on any atom is -0.267 e. The van der Waals surface area contributed by atoms with Gasteiger partial charge in [0.2, 0.25) is 0 Å². The van der Waals surface area contributed by atoms with Gasteiger partial charge in [-0.05, 0) is 12.1 Å². The molecule has 0 unspecified atom stereocenters. The molecule has 2 aromatic rings. The van der Waals surface area contributed by atoms with E-state index in [0.29, 0.717) is 5.71 Å². The number of aromatic nitrogens is 3. The van der Waals surface area contributed by atoms with Crippen LogP contribution < -0.4 is 0 Å². The van der Waals surface area contributed by atoms with Gasteiger partial charge < -0.3 is 0 Å². The van der Waals surface area contributed by atoms with E-state index in [4.69, 9.17) is 0 Å². The molecule has 1 amide bonds. The zero-order chi connectivity index (χ0) is 10.3. The number of nitrogens with one attached hydrogen (secondary N) is 1. The van der Waals surface area contributed by atoms with E-state index in [9.17, 15) is 4.79 Å². The predicted octanol–water partition coefficient (Wildman–Crippen LogP) is 0.843. The Bertz CT molecular complexity index is 609. The molecule has 5 nitrogen and oxygen atoms in total. The maximum atomic E-state index is 11.0. The van der Waals surface area contributed by atoms with Crippen molar-refractivity contribution in [1.29, 1.82) is 0 Å². The average Bonchev–Trinajstić information content (AvgIpc) is 2.84. The molecule has 0 aliphatic carbocycles. The Hall–Kier alpha value is -2.30. The number of carbonyl (C=O) groups excluding carboxylic acids is 1. The summed E-state index contributed by atoms with van der Waals surface area (Å²) in [5.41, 5.74) is 2.96. The predicted molar refractivity (Wildman–Crippen MR) is 54.6 cm³/mol. The molecule has 0 bridgehead atoms. The van der Waals surface area contributed by atoms with E-state index in [1.54, 1.807) is 6.08 Å². The highest BCUT2D eigenvalue weighted by Crippen LogP contribution is 2.16. The molecule has 0 fully saturated rings. The lowest BCUT2D eigenvalue weighted by Crippen LogP contribution is -1.96. The maximum absolute atomic E-state index is 11.0. The molecule has 72 valence electrons. The fraction of sp³-hybridized carbons (Fsp3) is 0.